The molecule has 0 unspecified atom stereocenters. The van der Waals surface area contributed by atoms with Crippen LogP contribution in [-0.4, -0.2) is 31.6 Å². The summed E-state index contributed by atoms with van der Waals surface area (Å²) in [5, 5.41) is 3.28. The largest absolute Gasteiger partial charge is 0.362 e. The average Bonchev–Trinajstić information content (AvgIpc) is 2.38. The SMILES string of the molecule is O=C1COCC(=O)N1c1ccc2c(c1)CNCC2. The number of amides is 2. The van der Waals surface area contributed by atoms with Crippen molar-refractivity contribution in [3.63, 3.8) is 0 Å². The number of benzene rings is 1. The van der Waals surface area contributed by atoms with Crippen LogP contribution in [0.4, 0.5) is 5.69 Å². The Morgan fingerprint density at radius 2 is 1.89 bits per heavy atom. The van der Waals surface area contributed by atoms with Crippen LogP contribution in [0.3, 0.4) is 0 Å². The van der Waals surface area contributed by atoms with E-state index in [0.717, 1.165) is 25.1 Å². The zero-order chi connectivity index (χ0) is 12.5. The lowest BCUT2D eigenvalue weighted by Gasteiger charge is -2.26. The normalized spacial score (nSPS) is 19.9. The molecule has 0 radical (unpaired) electrons. The molecule has 2 aliphatic rings. The van der Waals surface area contributed by atoms with Crippen molar-refractivity contribution < 1.29 is 14.3 Å². The maximum atomic E-state index is 11.7. The fraction of sp³-hybridized carbons (Fsp3) is 0.385. The van der Waals surface area contributed by atoms with E-state index in [9.17, 15) is 9.59 Å². The van der Waals surface area contributed by atoms with Crippen molar-refractivity contribution in [3.8, 4) is 0 Å². The Kier molecular flexibility index (Phi) is 2.85. The minimum atomic E-state index is -0.296. The van der Waals surface area contributed by atoms with E-state index in [4.69, 9.17) is 4.74 Å². The molecule has 2 aliphatic heterocycles. The number of imide groups is 1. The summed E-state index contributed by atoms with van der Waals surface area (Å²) in [5.74, 6) is -0.593. The predicted molar refractivity (Wildman–Crippen MR) is 65.2 cm³/mol. The highest BCUT2D eigenvalue weighted by Crippen LogP contribution is 2.23. The topological polar surface area (TPSA) is 58.6 Å². The number of nitrogens with zero attached hydrogens (tertiary/aromatic N) is 1. The van der Waals surface area contributed by atoms with Gasteiger partial charge in [0.15, 0.2) is 0 Å². The molecule has 1 aromatic rings. The van der Waals surface area contributed by atoms with E-state index in [1.54, 1.807) is 0 Å². The molecule has 94 valence electrons. The molecule has 18 heavy (non-hydrogen) atoms. The van der Waals surface area contributed by atoms with Crippen LogP contribution in [0.1, 0.15) is 11.1 Å². The highest BCUT2D eigenvalue weighted by Gasteiger charge is 2.28. The standard InChI is InChI=1S/C13H14N2O3/c16-12-7-18-8-13(17)15(12)11-2-1-9-3-4-14-6-10(9)5-11/h1-2,5,14H,3-4,6-8H2. The van der Waals surface area contributed by atoms with Gasteiger partial charge in [0.1, 0.15) is 13.2 Å². The van der Waals surface area contributed by atoms with Gasteiger partial charge < -0.3 is 10.1 Å². The molecule has 1 aromatic carbocycles. The summed E-state index contributed by atoms with van der Waals surface area (Å²) in [5.41, 5.74) is 3.09. The first-order valence-corrected chi connectivity index (χ1v) is 6.02. The van der Waals surface area contributed by atoms with Gasteiger partial charge in [0.2, 0.25) is 0 Å². The number of anilines is 1. The van der Waals surface area contributed by atoms with Gasteiger partial charge in [0.05, 0.1) is 5.69 Å². The number of hydrogen-bond donors (Lipinski definition) is 1. The van der Waals surface area contributed by atoms with Gasteiger partial charge in [-0.2, -0.15) is 0 Å². The molecule has 1 N–H and O–H groups in total. The number of fused-ring (bicyclic) bond motifs is 1. The molecule has 0 aliphatic carbocycles. The van der Waals surface area contributed by atoms with E-state index >= 15 is 0 Å². The second-order valence-electron chi connectivity index (χ2n) is 4.50. The molecule has 2 heterocycles. The zero-order valence-corrected chi connectivity index (χ0v) is 9.94. The Morgan fingerprint density at radius 3 is 2.67 bits per heavy atom. The second-order valence-corrected chi connectivity index (χ2v) is 4.50. The maximum absolute atomic E-state index is 11.7. The number of morpholine rings is 1. The fourth-order valence-corrected chi connectivity index (χ4v) is 2.39. The molecular formula is C13H14N2O3. The van der Waals surface area contributed by atoms with E-state index in [2.05, 4.69) is 5.32 Å². The Morgan fingerprint density at radius 1 is 1.11 bits per heavy atom. The Bertz CT molecular complexity index is 497. The Hall–Kier alpha value is -1.72. The third-order valence-electron chi connectivity index (χ3n) is 3.28. The highest BCUT2D eigenvalue weighted by molar-refractivity contribution is 6.17. The molecule has 0 bridgehead atoms. The van der Waals surface area contributed by atoms with Gasteiger partial charge in [-0.1, -0.05) is 6.07 Å². The molecular weight excluding hydrogens is 232 g/mol. The number of carbonyl (C=O) groups excluding carboxylic acids is 2. The molecule has 0 spiro atoms. The van der Waals surface area contributed by atoms with Gasteiger partial charge in [-0.15, -0.1) is 0 Å². The second kappa shape index (κ2) is 4.51. The first-order chi connectivity index (χ1) is 8.75. The maximum Gasteiger partial charge on any atom is 0.259 e. The molecule has 0 aromatic heterocycles. The molecule has 2 amide bonds. The van der Waals surface area contributed by atoms with Crippen molar-refractivity contribution in [2.45, 2.75) is 13.0 Å². The molecule has 1 fully saturated rings. The summed E-state index contributed by atoms with van der Waals surface area (Å²) in [6.07, 6.45) is 0.987. The van der Waals surface area contributed by atoms with Crippen LogP contribution in [0.15, 0.2) is 18.2 Å². The van der Waals surface area contributed by atoms with E-state index in [1.165, 1.54) is 10.5 Å². The number of ether oxygens (including phenoxy) is 1. The summed E-state index contributed by atoms with van der Waals surface area (Å²) >= 11 is 0. The fourth-order valence-electron chi connectivity index (χ4n) is 2.39. The Balaban J connectivity index is 1.96. The van der Waals surface area contributed by atoms with E-state index < -0.39 is 0 Å². The third-order valence-corrected chi connectivity index (χ3v) is 3.28. The predicted octanol–water partition coefficient (Wildman–Crippen LogP) is 0.222. The molecule has 0 saturated carbocycles. The third kappa shape index (κ3) is 1.91. The molecule has 0 atom stereocenters. The van der Waals surface area contributed by atoms with Crippen molar-refractivity contribution >= 4 is 17.5 Å². The lowest BCUT2D eigenvalue weighted by molar-refractivity contribution is -0.138. The van der Waals surface area contributed by atoms with Crippen LogP contribution < -0.4 is 10.2 Å². The quantitative estimate of drug-likeness (QED) is 0.720. The molecule has 5 heteroatoms. The van der Waals surface area contributed by atoms with Gasteiger partial charge >= 0.3 is 0 Å². The van der Waals surface area contributed by atoms with Crippen LogP contribution in [0.5, 0.6) is 0 Å². The van der Waals surface area contributed by atoms with Crippen molar-refractivity contribution in [1.82, 2.24) is 5.32 Å². The van der Waals surface area contributed by atoms with Crippen molar-refractivity contribution in [1.29, 1.82) is 0 Å². The van der Waals surface area contributed by atoms with Crippen molar-refractivity contribution in [3.05, 3.63) is 29.3 Å². The van der Waals surface area contributed by atoms with Crippen LogP contribution in [0.2, 0.25) is 0 Å². The van der Waals surface area contributed by atoms with Crippen LogP contribution in [0, 0.1) is 0 Å². The highest BCUT2D eigenvalue weighted by atomic mass is 16.5. The molecule has 1 saturated heterocycles. The van der Waals surface area contributed by atoms with E-state index in [0.29, 0.717) is 5.69 Å². The number of rotatable bonds is 1. The lowest BCUT2D eigenvalue weighted by atomic mass is 10.00. The van der Waals surface area contributed by atoms with Crippen molar-refractivity contribution in [2.24, 2.45) is 0 Å². The number of carbonyl (C=O) groups is 2. The summed E-state index contributed by atoms with van der Waals surface area (Å²) in [6, 6.07) is 5.76. The lowest BCUT2D eigenvalue weighted by Crippen LogP contribution is -2.46. The first kappa shape index (κ1) is 11.4. The van der Waals surface area contributed by atoms with E-state index in [1.807, 2.05) is 18.2 Å². The average molecular weight is 246 g/mol. The van der Waals surface area contributed by atoms with Gasteiger partial charge in [0, 0.05) is 6.54 Å². The van der Waals surface area contributed by atoms with Crippen LogP contribution in [-0.2, 0) is 27.3 Å². The van der Waals surface area contributed by atoms with E-state index in [-0.39, 0.29) is 25.0 Å². The Labute approximate surface area is 105 Å². The summed E-state index contributed by atoms with van der Waals surface area (Å²) in [7, 11) is 0. The summed E-state index contributed by atoms with van der Waals surface area (Å²) < 4.78 is 4.91. The van der Waals surface area contributed by atoms with Crippen LogP contribution in [0.25, 0.3) is 0 Å². The summed E-state index contributed by atoms with van der Waals surface area (Å²) in [4.78, 5) is 24.7. The van der Waals surface area contributed by atoms with Gasteiger partial charge in [-0.25, -0.2) is 4.90 Å². The summed E-state index contributed by atoms with van der Waals surface area (Å²) in [6.45, 7) is 1.71. The van der Waals surface area contributed by atoms with Crippen LogP contribution >= 0.6 is 0 Å². The minimum absolute atomic E-state index is 0.0267. The zero-order valence-electron chi connectivity index (χ0n) is 9.94. The smallest absolute Gasteiger partial charge is 0.259 e. The number of hydrogen-bond acceptors (Lipinski definition) is 4. The van der Waals surface area contributed by atoms with Gasteiger partial charge in [-0.3, -0.25) is 9.59 Å². The van der Waals surface area contributed by atoms with Crippen molar-refractivity contribution in [2.75, 3.05) is 24.7 Å². The monoisotopic (exact) mass is 246 g/mol. The first-order valence-electron chi connectivity index (χ1n) is 6.02. The minimum Gasteiger partial charge on any atom is -0.362 e. The molecule has 3 rings (SSSR count). The molecule has 5 nitrogen and oxygen atoms in total. The number of nitrogens with one attached hydrogen (secondary N) is 1. The van der Waals surface area contributed by atoms with Gasteiger partial charge in [-0.05, 0) is 36.2 Å². The van der Waals surface area contributed by atoms with Gasteiger partial charge in [0.25, 0.3) is 11.8 Å².